The number of alkyl carbamates (subject to hydrolysis) is 1. The van der Waals surface area contributed by atoms with Crippen LogP contribution in [0.3, 0.4) is 0 Å². The number of methoxy groups -OCH3 is 2. The highest BCUT2D eigenvalue weighted by Crippen LogP contribution is 2.42. The molecule has 2 aliphatic heterocycles. The van der Waals surface area contributed by atoms with Gasteiger partial charge < -0.3 is 43.7 Å². The average Bonchev–Trinajstić information content (AvgIpc) is 3.06. The van der Waals surface area contributed by atoms with E-state index in [0.29, 0.717) is 49.2 Å². The van der Waals surface area contributed by atoms with E-state index in [-0.39, 0.29) is 19.6 Å². The third-order valence-electron chi connectivity index (χ3n) is 8.08. The van der Waals surface area contributed by atoms with E-state index < -0.39 is 35.7 Å². The molecular weight excluding hydrogens is 604 g/mol. The summed E-state index contributed by atoms with van der Waals surface area (Å²) in [7, 11) is 3.08. The van der Waals surface area contributed by atoms with Crippen LogP contribution in [0.5, 0.6) is 23.0 Å². The smallest absolute Gasteiger partial charge is 0.408 e. The second-order valence-electron chi connectivity index (χ2n) is 12.6. The lowest BCUT2D eigenvalue weighted by molar-refractivity contribution is -0.143. The zero-order valence-electron chi connectivity index (χ0n) is 27.6. The van der Waals surface area contributed by atoms with Gasteiger partial charge in [0.05, 0.1) is 46.1 Å². The molecule has 2 N–H and O–H groups in total. The highest BCUT2D eigenvalue weighted by atomic mass is 16.6. The maximum atomic E-state index is 14.8. The minimum atomic E-state index is -1.05. The highest BCUT2D eigenvalue weighted by Gasteiger charge is 2.42. The van der Waals surface area contributed by atoms with Crippen LogP contribution < -0.4 is 24.3 Å². The Morgan fingerprint density at radius 2 is 1.66 bits per heavy atom. The molecule has 252 valence electrons. The Balaban J connectivity index is 1.52. The molecule has 0 saturated heterocycles. The monoisotopic (exact) mass is 648 g/mol. The van der Waals surface area contributed by atoms with Gasteiger partial charge in [-0.15, -0.1) is 0 Å². The largest absolute Gasteiger partial charge is 0.493 e. The predicted molar refractivity (Wildman–Crippen MR) is 174 cm³/mol. The molecular formula is C36H44N2O9. The Morgan fingerprint density at radius 1 is 0.957 bits per heavy atom. The third kappa shape index (κ3) is 8.28. The van der Waals surface area contributed by atoms with Crippen molar-refractivity contribution in [1.82, 2.24) is 10.2 Å². The lowest BCUT2D eigenvalue weighted by atomic mass is 9.87. The topological polar surface area (TPSA) is 125 Å². The summed E-state index contributed by atoms with van der Waals surface area (Å²) in [5, 5.41) is 13.5. The fourth-order valence-corrected chi connectivity index (χ4v) is 5.98. The maximum absolute atomic E-state index is 14.8. The Labute approximate surface area is 275 Å². The van der Waals surface area contributed by atoms with E-state index >= 15 is 0 Å². The number of rotatable bonds is 11. The van der Waals surface area contributed by atoms with E-state index in [1.165, 1.54) is 7.11 Å². The molecule has 2 aliphatic rings. The first-order valence-corrected chi connectivity index (χ1v) is 15.8. The Kier molecular flexibility index (Phi) is 10.8. The van der Waals surface area contributed by atoms with Crippen molar-refractivity contribution in [3.63, 3.8) is 0 Å². The zero-order valence-corrected chi connectivity index (χ0v) is 27.6. The summed E-state index contributed by atoms with van der Waals surface area (Å²) in [6.45, 7) is 6.29. The lowest BCUT2D eigenvalue weighted by Gasteiger charge is -2.44. The van der Waals surface area contributed by atoms with Gasteiger partial charge in [-0.2, -0.15) is 0 Å². The van der Waals surface area contributed by atoms with Crippen molar-refractivity contribution in [3.8, 4) is 23.0 Å². The Morgan fingerprint density at radius 3 is 2.32 bits per heavy atom. The van der Waals surface area contributed by atoms with E-state index in [4.69, 9.17) is 28.4 Å². The van der Waals surface area contributed by atoms with E-state index in [9.17, 15) is 14.7 Å². The number of nitrogens with zero attached hydrogens (tertiary/aromatic N) is 1. The van der Waals surface area contributed by atoms with E-state index in [0.717, 1.165) is 22.3 Å². The van der Waals surface area contributed by atoms with Gasteiger partial charge in [0.2, 0.25) is 5.91 Å². The van der Waals surface area contributed by atoms with Gasteiger partial charge in [-0.1, -0.05) is 36.4 Å². The van der Waals surface area contributed by atoms with Crippen LogP contribution in [0.1, 0.15) is 49.1 Å². The van der Waals surface area contributed by atoms with Crippen molar-refractivity contribution in [1.29, 1.82) is 0 Å². The SMILES string of the molecule is COc1ccc(C[C@H](NC(=O)OC(C)(C)C)C(=O)N2C(COCc3ccccc3)c3cc4c(cc3C[C@H]2CO)OCCO4)cc1OC. The number of benzene rings is 3. The molecule has 3 aromatic rings. The van der Waals surface area contributed by atoms with Crippen LogP contribution in [0.25, 0.3) is 0 Å². The summed E-state index contributed by atoms with van der Waals surface area (Å²) in [6, 6.07) is 16.7. The van der Waals surface area contributed by atoms with E-state index in [1.54, 1.807) is 44.9 Å². The number of ether oxygens (including phenoxy) is 6. The number of carbonyl (C=O) groups excluding carboxylic acids is 2. The number of aliphatic hydroxyl groups is 1. The number of nitrogens with one attached hydrogen (secondary N) is 1. The number of hydrogen-bond acceptors (Lipinski definition) is 9. The van der Waals surface area contributed by atoms with Gasteiger partial charge in [0.15, 0.2) is 23.0 Å². The minimum Gasteiger partial charge on any atom is -0.493 e. The fourth-order valence-electron chi connectivity index (χ4n) is 5.98. The molecule has 0 aliphatic carbocycles. The molecule has 0 fully saturated rings. The molecule has 47 heavy (non-hydrogen) atoms. The van der Waals surface area contributed by atoms with Crippen LogP contribution in [-0.4, -0.2) is 80.3 Å². The number of carbonyl (C=O) groups is 2. The van der Waals surface area contributed by atoms with Gasteiger partial charge in [0.1, 0.15) is 24.9 Å². The summed E-state index contributed by atoms with van der Waals surface area (Å²) < 4.78 is 34.5. The molecule has 2 heterocycles. The highest BCUT2D eigenvalue weighted by molar-refractivity contribution is 5.87. The van der Waals surface area contributed by atoms with Crippen LogP contribution in [0.2, 0.25) is 0 Å². The molecule has 0 saturated carbocycles. The van der Waals surface area contributed by atoms with Gasteiger partial charge in [-0.05, 0) is 73.7 Å². The molecule has 11 heteroatoms. The Hall–Kier alpha value is -4.48. The predicted octanol–water partition coefficient (Wildman–Crippen LogP) is 4.61. The first kappa shape index (κ1) is 33.9. The summed E-state index contributed by atoms with van der Waals surface area (Å²) in [5.74, 6) is 1.86. The molecule has 11 nitrogen and oxygen atoms in total. The third-order valence-corrected chi connectivity index (χ3v) is 8.08. The van der Waals surface area contributed by atoms with Crippen LogP contribution >= 0.6 is 0 Å². The summed E-state index contributed by atoms with van der Waals surface area (Å²) in [5.41, 5.74) is 2.70. The minimum absolute atomic E-state index is 0.124. The van der Waals surface area contributed by atoms with Crippen molar-refractivity contribution < 1.29 is 43.1 Å². The van der Waals surface area contributed by atoms with Gasteiger partial charge in [-0.25, -0.2) is 4.79 Å². The quantitative estimate of drug-likeness (QED) is 0.307. The molecule has 5 rings (SSSR count). The van der Waals surface area contributed by atoms with Crippen molar-refractivity contribution in [3.05, 3.63) is 82.9 Å². The number of amides is 2. The number of aliphatic hydroxyl groups excluding tert-OH is 1. The zero-order chi connectivity index (χ0) is 33.6. The van der Waals surface area contributed by atoms with E-state index in [1.807, 2.05) is 48.5 Å². The van der Waals surface area contributed by atoms with Gasteiger partial charge in [0, 0.05) is 6.42 Å². The van der Waals surface area contributed by atoms with Crippen LogP contribution in [0.4, 0.5) is 4.79 Å². The molecule has 2 amide bonds. The van der Waals surface area contributed by atoms with Crippen LogP contribution in [0.15, 0.2) is 60.7 Å². The molecule has 3 atom stereocenters. The average molecular weight is 649 g/mol. The first-order valence-electron chi connectivity index (χ1n) is 15.8. The lowest BCUT2D eigenvalue weighted by Crippen LogP contribution is -2.57. The molecule has 0 radical (unpaired) electrons. The standard InChI is InChI=1S/C36H44N2O9/c1-36(2,3)47-35(41)37-28(15-24-11-12-30(42-4)31(16-24)43-5)34(40)38-26(20-39)17-25-18-32-33(46-14-13-45-32)19-27(25)29(38)22-44-21-23-9-7-6-8-10-23/h6-12,16,18-19,26,28-29,39H,13-15,17,20-22H2,1-5H3,(H,37,41)/t26-,28-,29?/m0/s1. The fraction of sp³-hybridized carbons (Fsp3) is 0.444. The molecule has 0 aromatic heterocycles. The number of fused-ring (bicyclic) bond motifs is 2. The van der Waals surface area contributed by atoms with Crippen LogP contribution in [0, 0.1) is 0 Å². The molecule has 0 bridgehead atoms. The maximum Gasteiger partial charge on any atom is 0.408 e. The van der Waals surface area contributed by atoms with Crippen molar-refractivity contribution in [2.75, 3.05) is 40.6 Å². The van der Waals surface area contributed by atoms with Crippen molar-refractivity contribution in [2.24, 2.45) is 0 Å². The first-order chi connectivity index (χ1) is 22.6. The second kappa shape index (κ2) is 15.0. The second-order valence-corrected chi connectivity index (χ2v) is 12.6. The Bertz CT molecular complexity index is 1540. The van der Waals surface area contributed by atoms with Gasteiger partial charge in [0.25, 0.3) is 0 Å². The summed E-state index contributed by atoms with van der Waals surface area (Å²) in [4.78, 5) is 29.6. The normalized spacial score (nSPS) is 17.7. The summed E-state index contributed by atoms with van der Waals surface area (Å²) in [6.07, 6.45) is -0.233. The molecule has 1 unspecified atom stereocenters. The van der Waals surface area contributed by atoms with Gasteiger partial charge >= 0.3 is 6.09 Å². The summed E-state index contributed by atoms with van der Waals surface area (Å²) >= 11 is 0. The van der Waals surface area contributed by atoms with Crippen molar-refractivity contribution in [2.45, 2.75) is 63.9 Å². The van der Waals surface area contributed by atoms with E-state index in [2.05, 4.69) is 5.32 Å². The van der Waals surface area contributed by atoms with Crippen LogP contribution in [-0.2, 0) is 33.7 Å². The molecule has 3 aromatic carbocycles. The van der Waals surface area contributed by atoms with Gasteiger partial charge in [-0.3, -0.25) is 4.79 Å². The van der Waals surface area contributed by atoms with Crippen molar-refractivity contribution >= 4 is 12.0 Å². The molecule has 0 spiro atoms. The number of hydrogen-bond donors (Lipinski definition) is 2.